The molecule has 2 rings (SSSR count). The number of halogens is 1. The highest BCUT2D eigenvalue weighted by atomic mass is 19.1. The molecule has 0 aliphatic carbocycles. The van der Waals surface area contributed by atoms with Gasteiger partial charge in [0, 0.05) is 31.4 Å². The van der Waals surface area contributed by atoms with Crippen LogP contribution in [0.1, 0.15) is 5.56 Å². The van der Waals surface area contributed by atoms with Crippen LogP contribution in [0.4, 0.5) is 15.8 Å². The van der Waals surface area contributed by atoms with Crippen molar-refractivity contribution in [3.63, 3.8) is 0 Å². The second-order valence-corrected chi connectivity index (χ2v) is 4.60. The first-order chi connectivity index (χ1) is 10.0. The molecule has 0 fully saturated rings. The van der Waals surface area contributed by atoms with Crippen molar-refractivity contribution in [3.8, 4) is 5.75 Å². The van der Waals surface area contributed by atoms with Crippen molar-refractivity contribution in [2.24, 2.45) is 0 Å². The number of methoxy groups -OCH3 is 1. The Balaban J connectivity index is 2.17. The minimum Gasteiger partial charge on any atom is -0.497 e. The standard InChI is InChI=1S/C15H15FN2O3/c1-17(12-4-3-5-13(9-12)21-2)10-11-6-7-15(18(19)20)14(16)8-11/h3-9H,10H2,1-2H3. The number of benzene rings is 2. The van der Waals surface area contributed by atoms with Gasteiger partial charge in [-0.05, 0) is 23.8 Å². The van der Waals surface area contributed by atoms with Gasteiger partial charge in [-0.25, -0.2) is 0 Å². The third-order valence-corrected chi connectivity index (χ3v) is 3.12. The molecule has 0 aliphatic heterocycles. The van der Waals surface area contributed by atoms with Crippen LogP contribution in [0.2, 0.25) is 0 Å². The molecular weight excluding hydrogens is 275 g/mol. The lowest BCUT2D eigenvalue weighted by Gasteiger charge is -2.20. The van der Waals surface area contributed by atoms with Crippen molar-refractivity contribution < 1.29 is 14.1 Å². The van der Waals surface area contributed by atoms with Crippen molar-refractivity contribution in [1.29, 1.82) is 0 Å². The van der Waals surface area contributed by atoms with Gasteiger partial charge in [-0.2, -0.15) is 4.39 Å². The van der Waals surface area contributed by atoms with Crippen molar-refractivity contribution in [2.45, 2.75) is 6.54 Å². The van der Waals surface area contributed by atoms with Gasteiger partial charge in [0.25, 0.3) is 0 Å². The van der Waals surface area contributed by atoms with E-state index in [0.29, 0.717) is 12.1 Å². The summed E-state index contributed by atoms with van der Waals surface area (Å²) in [6.45, 7) is 0.433. The maximum Gasteiger partial charge on any atom is 0.304 e. The number of anilines is 1. The first-order valence-electron chi connectivity index (χ1n) is 6.29. The van der Waals surface area contributed by atoms with E-state index in [0.717, 1.165) is 11.4 Å². The van der Waals surface area contributed by atoms with Crippen LogP contribution in [0, 0.1) is 15.9 Å². The molecule has 0 radical (unpaired) electrons. The molecule has 2 aromatic carbocycles. The number of nitro groups is 1. The molecular formula is C15H15FN2O3. The predicted molar refractivity (Wildman–Crippen MR) is 78.2 cm³/mol. The number of rotatable bonds is 5. The van der Waals surface area contributed by atoms with Crippen molar-refractivity contribution >= 4 is 11.4 Å². The van der Waals surface area contributed by atoms with E-state index < -0.39 is 16.4 Å². The van der Waals surface area contributed by atoms with Crippen LogP contribution in [0.15, 0.2) is 42.5 Å². The highest BCUT2D eigenvalue weighted by molar-refractivity contribution is 5.50. The van der Waals surface area contributed by atoms with Gasteiger partial charge >= 0.3 is 5.69 Å². The van der Waals surface area contributed by atoms with Gasteiger partial charge in [-0.1, -0.05) is 12.1 Å². The monoisotopic (exact) mass is 290 g/mol. The highest BCUT2D eigenvalue weighted by Crippen LogP contribution is 2.23. The van der Waals surface area contributed by atoms with Crippen LogP contribution in [-0.2, 0) is 6.54 Å². The summed E-state index contributed by atoms with van der Waals surface area (Å²) < 4.78 is 18.7. The average molecular weight is 290 g/mol. The normalized spacial score (nSPS) is 10.2. The molecule has 5 nitrogen and oxygen atoms in total. The zero-order chi connectivity index (χ0) is 15.4. The molecule has 21 heavy (non-hydrogen) atoms. The summed E-state index contributed by atoms with van der Waals surface area (Å²) >= 11 is 0. The van der Waals surface area contributed by atoms with E-state index >= 15 is 0 Å². The van der Waals surface area contributed by atoms with E-state index in [1.807, 2.05) is 36.2 Å². The summed E-state index contributed by atoms with van der Waals surface area (Å²) in [6.07, 6.45) is 0. The van der Waals surface area contributed by atoms with E-state index in [4.69, 9.17) is 4.74 Å². The quantitative estimate of drug-likeness (QED) is 0.625. The Labute approximate surface area is 121 Å². The minimum absolute atomic E-state index is 0.433. The van der Waals surface area contributed by atoms with Gasteiger partial charge in [0.1, 0.15) is 5.75 Å². The number of hydrogen-bond acceptors (Lipinski definition) is 4. The molecule has 110 valence electrons. The molecule has 0 unspecified atom stereocenters. The molecule has 2 aromatic rings. The van der Waals surface area contributed by atoms with Crippen LogP contribution < -0.4 is 9.64 Å². The smallest absolute Gasteiger partial charge is 0.304 e. The topological polar surface area (TPSA) is 55.6 Å². The Bertz CT molecular complexity index is 661. The zero-order valence-corrected chi connectivity index (χ0v) is 11.7. The van der Waals surface area contributed by atoms with E-state index in [1.54, 1.807) is 13.2 Å². The summed E-state index contributed by atoms with van der Waals surface area (Å²) in [4.78, 5) is 11.8. The summed E-state index contributed by atoms with van der Waals surface area (Å²) in [7, 11) is 3.44. The molecule has 0 saturated carbocycles. The largest absolute Gasteiger partial charge is 0.497 e. The third kappa shape index (κ3) is 3.47. The Morgan fingerprint density at radius 2 is 2.05 bits per heavy atom. The highest BCUT2D eigenvalue weighted by Gasteiger charge is 2.14. The van der Waals surface area contributed by atoms with E-state index in [1.165, 1.54) is 12.1 Å². The number of nitrogens with zero attached hydrogens (tertiary/aromatic N) is 2. The SMILES string of the molecule is COc1cccc(N(C)Cc2ccc([N+](=O)[O-])c(F)c2)c1. The van der Waals surface area contributed by atoms with Gasteiger partial charge in [-0.3, -0.25) is 10.1 Å². The lowest BCUT2D eigenvalue weighted by Crippen LogP contribution is -2.16. The maximum absolute atomic E-state index is 13.6. The lowest BCUT2D eigenvalue weighted by atomic mass is 10.1. The fourth-order valence-corrected chi connectivity index (χ4v) is 2.01. The van der Waals surface area contributed by atoms with E-state index in [-0.39, 0.29) is 0 Å². The number of hydrogen-bond donors (Lipinski definition) is 0. The lowest BCUT2D eigenvalue weighted by molar-refractivity contribution is -0.387. The molecule has 0 N–H and O–H groups in total. The fraction of sp³-hybridized carbons (Fsp3) is 0.200. The van der Waals surface area contributed by atoms with E-state index in [9.17, 15) is 14.5 Å². The molecule has 0 spiro atoms. The second kappa shape index (κ2) is 6.21. The molecule has 0 atom stereocenters. The Hall–Kier alpha value is -2.63. The number of nitro benzene ring substituents is 1. The summed E-state index contributed by atoms with van der Waals surface area (Å²) in [5.74, 6) is -0.0919. The molecule has 0 amide bonds. The Kier molecular flexibility index (Phi) is 4.37. The van der Waals surface area contributed by atoms with Crippen LogP contribution in [-0.4, -0.2) is 19.1 Å². The minimum atomic E-state index is -0.823. The fourth-order valence-electron chi connectivity index (χ4n) is 2.01. The molecule has 0 heterocycles. The molecule has 0 bridgehead atoms. The maximum atomic E-state index is 13.6. The van der Waals surface area contributed by atoms with Crippen molar-refractivity contribution in [2.75, 3.05) is 19.1 Å². The third-order valence-electron chi connectivity index (χ3n) is 3.12. The van der Waals surface area contributed by atoms with Gasteiger partial charge in [0.2, 0.25) is 5.82 Å². The first kappa shape index (κ1) is 14.8. The van der Waals surface area contributed by atoms with Crippen molar-refractivity contribution in [3.05, 3.63) is 64.0 Å². The Morgan fingerprint density at radius 3 is 2.67 bits per heavy atom. The zero-order valence-electron chi connectivity index (χ0n) is 11.7. The molecule has 0 aromatic heterocycles. The summed E-state index contributed by atoms with van der Waals surface area (Å²) in [6, 6.07) is 11.4. The van der Waals surface area contributed by atoms with Gasteiger partial charge in [-0.15, -0.1) is 0 Å². The van der Waals surface area contributed by atoms with Crippen molar-refractivity contribution in [1.82, 2.24) is 0 Å². The molecule has 0 saturated heterocycles. The van der Waals surface area contributed by atoms with Gasteiger partial charge in [0.15, 0.2) is 0 Å². The van der Waals surface area contributed by atoms with Crippen LogP contribution in [0.5, 0.6) is 5.75 Å². The average Bonchev–Trinajstić information content (AvgIpc) is 2.47. The molecule has 0 aliphatic rings. The second-order valence-electron chi connectivity index (χ2n) is 4.60. The summed E-state index contributed by atoms with van der Waals surface area (Å²) in [5, 5.41) is 10.6. The first-order valence-corrected chi connectivity index (χ1v) is 6.29. The van der Waals surface area contributed by atoms with Crippen LogP contribution >= 0.6 is 0 Å². The van der Waals surface area contributed by atoms with Gasteiger partial charge in [0.05, 0.1) is 12.0 Å². The Morgan fingerprint density at radius 1 is 1.29 bits per heavy atom. The van der Waals surface area contributed by atoms with E-state index in [2.05, 4.69) is 0 Å². The predicted octanol–water partition coefficient (Wildman–Crippen LogP) is 3.38. The molecule has 6 heteroatoms. The number of ether oxygens (including phenoxy) is 1. The van der Waals surface area contributed by atoms with Crippen LogP contribution in [0.3, 0.4) is 0 Å². The van der Waals surface area contributed by atoms with Gasteiger partial charge < -0.3 is 9.64 Å². The van der Waals surface area contributed by atoms with Crippen LogP contribution in [0.25, 0.3) is 0 Å². The summed E-state index contributed by atoms with van der Waals surface area (Å²) in [5.41, 5.74) is 1.05.